The molecule has 3 rings (SSSR count). The van der Waals surface area contributed by atoms with E-state index in [0.29, 0.717) is 0 Å². The van der Waals surface area contributed by atoms with Crippen LogP contribution in [0.25, 0.3) is 0 Å². The third-order valence-electron chi connectivity index (χ3n) is 3.61. The van der Waals surface area contributed by atoms with Crippen LogP contribution in [0, 0.1) is 0 Å². The standard InChI is InChI=1S/C16H16OS2/c1-18-16-13-10-6-5-9-12(13)15(19-16)14(17)11-7-3-2-4-8-11/h2-4,7-8H,5-6,9-10H2,1H3. The molecule has 0 saturated carbocycles. The minimum absolute atomic E-state index is 0.198. The maximum atomic E-state index is 12.6. The number of rotatable bonds is 3. The molecule has 0 atom stereocenters. The van der Waals surface area contributed by atoms with E-state index in [-0.39, 0.29) is 5.78 Å². The fraction of sp³-hybridized carbons (Fsp3) is 0.312. The molecule has 1 heterocycles. The Labute approximate surface area is 122 Å². The van der Waals surface area contributed by atoms with Crippen LogP contribution in [0.3, 0.4) is 0 Å². The summed E-state index contributed by atoms with van der Waals surface area (Å²) in [5.74, 6) is 0.198. The predicted octanol–water partition coefficient (Wildman–Crippen LogP) is 4.58. The molecule has 1 nitrogen and oxygen atoms in total. The van der Waals surface area contributed by atoms with Gasteiger partial charge in [-0.1, -0.05) is 30.3 Å². The summed E-state index contributed by atoms with van der Waals surface area (Å²) in [7, 11) is 0. The molecule has 0 bridgehead atoms. The number of fused-ring (bicyclic) bond motifs is 1. The first-order valence-electron chi connectivity index (χ1n) is 6.59. The van der Waals surface area contributed by atoms with Crippen LogP contribution in [0.1, 0.15) is 39.2 Å². The number of hydrogen-bond acceptors (Lipinski definition) is 3. The topological polar surface area (TPSA) is 17.1 Å². The number of thiophene rings is 1. The van der Waals surface area contributed by atoms with Crippen molar-refractivity contribution in [3.8, 4) is 0 Å². The molecular formula is C16H16OS2. The van der Waals surface area contributed by atoms with Crippen molar-refractivity contribution < 1.29 is 4.79 Å². The summed E-state index contributed by atoms with van der Waals surface area (Å²) in [5, 5.41) is 0. The van der Waals surface area contributed by atoms with Gasteiger partial charge in [-0.05, 0) is 43.1 Å². The van der Waals surface area contributed by atoms with E-state index in [9.17, 15) is 4.79 Å². The second-order valence-electron chi connectivity index (χ2n) is 4.78. The number of benzene rings is 1. The van der Waals surface area contributed by atoms with Crippen LogP contribution in [-0.2, 0) is 12.8 Å². The fourth-order valence-corrected chi connectivity index (χ4v) is 4.81. The van der Waals surface area contributed by atoms with Crippen molar-refractivity contribution in [2.75, 3.05) is 6.26 Å². The second kappa shape index (κ2) is 5.51. The number of hydrogen-bond donors (Lipinski definition) is 0. The van der Waals surface area contributed by atoms with E-state index in [1.807, 2.05) is 30.3 Å². The van der Waals surface area contributed by atoms with Crippen LogP contribution in [0.4, 0.5) is 0 Å². The van der Waals surface area contributed by atoms with Crippen LogP contribution in [-0.4, -0.2) is 12.0 Å². The predicted molar refractivity (Wildman–Crippen MR) is 82.6 cm³/mol. The summed E-state index contributed by atoms with van der Waals surface area (Å²) in [4.78, 5) is 13.6. The first kappa shape index (κ1) is 12.9. The Hall–Kier alpha value is -1.06. The molecule has 1 aromatic carbocycles. The van der Waals surface area contributed by atoms with Crippen molar-refractivity contribution in [3.63, 3.8) is 0 Å². The summed E-state index contributed by atoms with van der Waals surface area (Å²) in [6, 6.07) is 9.64. The number of thioether (sulfide) groups is 1. The zero-order valence-electron chi connectivity index (χ0n) is 10.9. The minimum atomic E-state index is 0.198. The molecule has 1 aliphatic carbocycles. The van der Waals surface area contributed by atoms with Gasteiger partial charge in [-0.3, -0.25) is 4.79 Å². The summed E-state index contributed by atoms with van der Waals surface area (Å²) < 4.78 is 1.34. The van der Waals surface area contributed by atoms with Crippen molar-refractivity contribution in [3.05, 3.63) is 51.9 Å². The molecule has 3 heteroatoms. The lowest BCUT2D eigenvalue weighted by molar-refractivity contribution is 0.104. The average molecular weight is 288 g/mol. The first-order valence-corrected chi connectivity index (χ1v) is 8.63. The minimum Gasteiger partial charge on any atom is -0.288 e. The van der Waals surface area contributed by atoms with Gasteiger partial charge in [0.05, 0.1) is 9.09 Å². The highest BCUT2D eigenvalue weighted by atomic mass is 32.2. The molecule has 0 saturated heterocycles. The third kappa shape index (κ3) is 2.37. The molecular weight excluding hydrogens is 272 g/mol. The number of carbonyl (C=O) groups excluding carboxylic acids is 1. The highest BCUT2D eigenvalue weighted by Crippen LogP contribution is 2.40. The zero-order valence-corrected chi connectivity index (χ0v) is 12.6. The lowest BCUT2D eigenvalue weighted by Crippen LogP contribution is -2.06. The van der Waals surface area contributed by atoms with Gasteiger partial charge in [0.2, 0.25) is 5.78 Å². The number of ketones is 1. The van der Waals surface area contributed by atoms with E-state index in [1.165, 1.54) is 28.2 Å². The average Bonchev–Trinajstić information content (AvgIpc) is 2.86. The third-order valence-corrected chi connectivity index (χ3v) is 6.05. The summed E-state index contributed by atoms with van der Waals surface area (Å²) in [6.07, 6.45) is 6.80. The van der Waals surface area contributed by atoms with Gasteiger partial charge in [0.15, 0.2) is 0 Å². The molecule has 0 unspecified atom stereocenters. The molecule has 0 fully saturated rings. The molecule has 0 amide bonds. The van der Waals surface area contributed by atoms with Gasteiger partial charge in [0, 0.05) is 5.56 Å². The molecule has 1 aliphatic rings. The second-order valence-corrected chi connectivity index (χ2v) is 6.88. The van der Waals surface area contributed by atoms with Gasteiger partial charge < -0.3 is 0 Å². The molecule has 19 heavy (non-hydrogen) atoms. The van der Waals surface area contributed by atoms with Crippen molar-refractivity contribution in [1.82, 2.24) is 0 Å². The van der Waals surface area contributed by atoms with Gasteiger partial charge in [-0.2, -0.15) is 0 Å². The van der Waals surface area contributed by atoms with Gasteiger partial charge >= 0.3 is 0 Å². The lowest BCUT2D eigenvalue weighted by atomic mass is 9.92. The maximum Gasteiger partial charge on any atom is 0.203 e. The van der Waals surface area contributed by atoms with E-state index in [1.54, 1.807) is 23.1 Å². The Morgan fingerprint density at radius 2 is 1.79 bits per heavy atom. The molecule has 0 spiro atoms. The molecule has 2 aromatic rings. The van der Waals surface area contributed by atoms with Crippen LogP contribution in [0.15, 0.2) is 34.5 Å². The Morgan fingerprint density at radius 3 is 2.47 bits per heavy atom. The molecule has 0 radical (unpaired) electrons. The van der Waals surface area contributed by atoms with Crippen molar-refractivity contribution >= 4 is 28.9 Å². The molecule has 0 aliphatic heterocycles. The summed E-state index contributed by atoms with van der Waals surface area (Å²) in [6.45, 7) is 0. The fourth-order valence-electron chi connectivity index (χ4n) is 2.67. The highest BCUT2D eigenvalue weighted by Gasteiger charge is 2.24. The van der Waals surface area contributed by atoms with Gasteiger partial charge in [0.25, 0.3) is 0 Å². The SMILES string of the molecule is CSc1sc(C(=O)c2ccccc2)c2c1CCCC2. The molecule has 1 aromatic heterocycles. The zero-order chi connectivity index (χ0) is 13.2. The largest absolute Gasteiger partial charge is 0.288 e. The Kier molecular flexibility index (Phi) is 3.76. The van der Waals surface area contributed by atoms with Crippen molar-refractivity contribution in [1.29, 1.82) is 0 Å². The van der Waals surface area contributed by atoms with E-state index in [2.05, 4.69) is 6.26 Å². The lowest BCUT2D eigenvalue weighted by Gasteiger charge is -2.13. The van der Waals surface area contributed by atoms with Crippen LogP contribution >= 0.6 is 23.1 Å². The van der Waals surface area contributed by atoms with E-state index < -0.39 is 0 Å². The van der Waals surface area contributed by atoms with Crippen molar-refractivity contribution in [2.24, 2.45) is 0 Å². The first-order chi connectivity index (χ1) is 9.31. The normalized spacial score (nSPS) is 14.2. The van der Waals surface area contributed by atoms with Gasteiger partial charge in [-0.15, -0.1) is 23.1 Å². The van der Waals surface area contributed by atoms with Crippen LogP contribution < -0.4 is 0 Å². The van der Waals surface area contributed by atoms with Crippen molar-refractivity contribution in [2.45, 2.75) is 29.9 Å². The Bertz CT molecular complexity index is 599. The monoisotopic (exact) mass is 288 g/mol. The summed E-state index contributed by atoms with van der Waals surface area (Å²) >= 11 is 3.47. The molecule has 0 N–H and O–H groups in total. The Morgan fingerprint density at radius 1 is 1.11 bits per heavy atom. The van der Waals surface area contributed by atoms with E-state index in [4.69, 9.17) is 0 Å². The van der Waals surface area contributed by atoms with Gasteiger partial charge in [0.1, 0.15) is 0 Å². The highest BCUT2D eigenvalue weighted by molar-refractivity contribution is 8.00. The number of carbonyl (C=O) groups is 1. The maximum absolute atomic E-state index is 12.6. The quantitative estimate of drug-likeness (QED) is 0.607. The van der Waals surface area contributed by atoms with E-state index in [0.717, 1.165) is 23.3 Å². The molecule has 98 valence electrons. The van der Waals surface area contributed by atoms with Gasteiger partial charge in [-0.25, -0.2) is 0 Å². The summed E-state index contributed by atoms with van der Waals surface area (Å²) in [5.41, 5.74) is 3.59. The Balaban J connectivity index is 2.06. The van der Waals surface area contributed by atoms with Crippen LogP contribution in [0.5, 0.6) is 0 Å². The van der Waals surface area contributed by atoms with Crippen LogP contribution in [0.2, 0.25) is 0 Å². The van der Waals surface area contributed by atoms with E-state index >= 15 is 0 Å². The smallest absolute Gasteiger partial charge is 0.203 e.